The normalized spacial score (nSPS) is 19.4. The fraction of sp³-hybridized carbons (Fsp3) is 0.667. The van der Waals surface area contributed by atoms with Gasteiger partial charge in [0.05, 0.1) is 3.79 Å². The molecule has 1 atom stereocenters. The van der Waals surface area contributed by atoms with Crippen molar-refractivity contribution in [1.82, 2.24) is 15.5 Å². The number of nitrogens with one attached hydrogen (secondary N) is 2. The van der Waals surface area contributed by atoms with E-state index in [2.05, 4.69) is 50.6 Å². The number of hydrogen-bond donors (Lipinski definition) is 2. The lowest BCUT2D eigenvalue weighted by Crippen LogP contribution is -2.44. The van der Waals surface area contributed by atoms with Gasteiger partial charge in [0, 0.05) is 43.6 Å². The molecule has 1 aliphatic rings. The molecule has 1 saturated heterocycles. The summed E-state index contributed by atoms with van der Waals surface area (Å²) in [5, 5.41) is 6.81. The van der Waals surface area contributed by atoms with E-state index in [-0.39, 0.29) is 0 Å². The van der Waals surface area contributed by atoms with Gasteiger partial charge in [-0.3, -0.25) is 0 Å². The number of hydrogen-bond acceptors (Lipinski definition) is 4. The van der Waals surface area contributed by atoms with Crippen LogP contribution in [0.3, 0.4) is 0 Å². The van der Waals surface area contributed by atoms with Gasteiger partial charge in [0.15, 0.2) is 0 Å². The molecule has 1 unspecified atom stereocenters. The van der Waals surface area contributed by atoms with E-state index in [1.165, 1.54) is 34.7 Å². The van der Waals surface area contributed by atoms with Crippen molar-refractivity contribution in [3.05, 3.63) is 20.8 Å². The molecule has 0 aromatic carbocycles. The lowest BCUT2D eigenvalue weighted by Gasteiger charge is -2.28. The third-order valence-electron chi connectivity index (χ3n) is 3.23. The molecule has 1 aliphatic heterocycles. The van der Waals surface area contributed by atoms with E-state index in [9.17, 15) is 0 Å². The summed E-state index contributed by atoms with van der Waals surface area (Å²) < 4.78 is 1.22. The minimum absolute atomic E-state index is 0.487. The summed E-state index contributed by atoms with van der Waals surface area (Å²) in [7, 11) is 2.05. The van der Waals surface area contributed by atoms with Gasteiger partial charge in [0.1, 0.15) is 0 Å². The number of thiophene rings is 1. The molecule has 2 rings (SSSR count). The lowest BCUT2D eigenvalue weighted by molar-refractivity contribution is 0.230. The first-order chi connectivity index (χ1) is 8.29. The van der Waals surface area contributed by atoms with Gasteiger partial charge in [-0.1, -0.05) is 0 Å². The van der Waals surface area contributed by atoms with Crippen LogP contribution < -0.4 is 10.6 Å². The van der Waals surface area contributed by atoms with Crippen LogP contribution >= 0.6 is 27.3 Å². The van der Waals surface area contributed by atoms with Crippen LogP contribution in [-0.4, -0.2) is 44.7 Å². The fourth-order valence-corrected chi connectivity index (χ4v) is 3.76. The number of rotatable bonds is 5. The van der Waals surface area contributed by atoms with Crippen LogP contribution in [-0.2, 0) is 0 Å². The molecule has 0 saturated carbocycles. The van der Waals surface area contributed by atoms with Crippen molar-refractivity contribution in [3.8, 4) is 0 Å². The Hall–Kier alpha value is 0.0600. The molecule has 0 amide bonds. The van der Waals surface area contributed by atoms with E-state index in [1.807, 2.05) is 11.3 Å². The number of halogens is 1. The van der Waals surface area contributed by atoms with Crippen molar-refractivity contribution >= 4 is 27.3 Å². The van der Waals surface area contributed by atoms with Crippen LogP contribution in [0.4, 0.5) is 0 Å². The number of piperazine rings is 1. The second-order valence-electron chi connectivity index (χ2n) is 4.36. The second kappa shape index (κ2) is 6.85. The maximum Gasteiger partial charge on any atom is 0.0701 e. The molecule has 1 aromatic rings. The van der Waals surface area contributed by atoms with Crippen molar-refractivity contribution < 1.29 is 0 Å². The molecule has 0 bridgehead atoms. The van der Waals surface area contributed by atoms with Crippen molar-refractivity contribution in [2.45, 2.75) is 12.5 Å². The largest absolute Gasteiger partial charge is 0.314 e. The van der Waals surface area contributed by atoms with E-state index in [0.29, 0.717) is 6.04 Å². The molecule has 17 heavy (non-hydrogen) atoms. The van der Waals surface area contributed by atoms with Gasteiger partial charge < -0.3 is 15.5 Å². The van der Waals surface area contributed by atoms with Gasteiger partial charge in [0.2, 0.25) is 0 Å². The first-order valence-electron chi connectivity index (χ1n) is 6.15. The molecule has 0 aliphatic carbocycles. The predicted octanol–water partition coefficient (Wildman–Crippen LogP) is 2.07. The van der Waals surface area contributed by atoms with E-state index in [0.717, 1.165) is 13.1 Å². The molecule has 2 heterocycles. The van der Waals surface area contributed by atoms with Crippen molar-refractivity contribution in [2.75, 3.05) is 39.8 Å². The Bertz CT molecular complexity index is 336. The zero-order valence-electron chi connectivity index (χ0n) is 10.2. The molecular formula is C12H20BrN3S. The van der Waals surface area contributed by atoms with Crippen molar-refractivity contribution in [3.63, 3.8) is 0 Å². The SMILES string of the molecule is CNC(CCN1CCNCC1)c1ccc(Br)s1. The number of nitrogens with zero attached hydrogens (tertiary/aromatic N) is 1. The molecule has 2 N–H and O–H groups in total. The van der Waals surface area contributed by atoms with Crippen LogP contribution in [0.2, 0.25) is 0 Å². The van der Waals surface area contributed by atoms with Gasteiger partial charge >= 0.3 is 0 Å². The van der Waals surface area contributed by atoms with E-state index in [1.54, 1.807) is 0 Å². The molecular weight excluding hydrogens is 298 g/mol. The Labute approximate surface area is 116 Å². The topological polar surface area (TPSA) is 27.3 Å². The molecule has 0 radical (unpaired) electrons. The quantitative estimate of drug-likeness (QED) is 0.870. The summed E-state index contributed by atoms with van der Waals surface area (Å²) in [5.74, 6) is 0. The van der Waals surface area contributed by atoms with E-state index < -0.39 is 0 Å². The highest BCUT2D eigenvalue weighted by Crippen LogP contribution is 2.28. The predicted molar refractivity (Wildman–Crippen MR) is 77.7 cm³/mol. The second-order valence-corrected chi connectivity index (χ2v) is 6.86. The molecule has 3 nitrogen and oxygen atoms in total. The average Bonchev–Trinajstić information content (AvgIpc) is 2.78. The highest BCUT2D eigenvalue weighted by Gasteiger charge is 2.15. The smallest absolute Gasteiger partial charge is 0.0701 e. The maximum atomic E-state index is 3.53. The van der Waals surface area contributed by atoms with Gasteiger partial charge in [0.25, 0.3) is 0 Å². The van der Waals surface area contributed by atoms with Gasteiger partial charge in [-0.25, -0.2) is 0 Å². The maximum absolute atomic E-state index is 3.53. The third-order valence-corrected chi connectivity index (χ3v) is 4.97. The summed E-state index contributed by atoms with van der Waals surface area (Å²) in [5.41, 5.74) is 0. The highest BCUT2D eigenvalue weighted by molar-refractivity contribution is 9.11. The van der Waals surface area contributed by atoms with Crippen molar-refractivity contribution in [2.24, 2.45) is 0 Å². The molecule has 5 heteroatoms. The zero-order chi connectivity index (χ0) is 12.1. The van der Waals surface area contributed by atoms with Crippen LogP contribution in [0.15, 0.2) is 15.9 Å². The Balaban J connectivity index is 1.82. The van der Waals surface area contributed by atoms with E-state index >= 15 is 0 Å². The summed E-state index contributed by atoms with van der Waals surface area (Å²) in [4.78, 5) is 3.97. The Morgan fingerprint density at radius 1 is 1.47 bits per heavy atom. The molecule has 0 spiro atoms. The first-order valence-corrected chi connectivity index (χ1v) is 7.76. The Morgan fingerprint density at radius 2 is 2.24 bits per heavy atom. The molecule has 1 fully saturated rings. The minimum Gasteiger partial charge on any atom is -0.314 e. The van der Waals surface area contributed by atoms with Crippen LogP contribution in [0.25, 0.3) is 0 Å². The average molecular weight is 318 g/mol. The van der Waals surface area contributed by atoms with E-state index in [4.69, 9.17) is 0 Å². The van der Waals surface area contributed by atoms with Crippen LogP contribution in [0.1, 0.15) is 17.3 Å². The summed E-state index contributed by atoms with van der Waals surface area (Å²) in [6.07, 6.45) is 1.18. The fourth-order valence-electron chi connectivity index (χ4n) is 2.19. The van der Waals surface area contributed by atoms with Gasteiger partial charge in [-0.2, -0.15) is 0 Å². The van der Waals surface area contributed by atoms with Crippen molar-refractivity contribution in [1.29, 1.82) is 0 Å². The summed E-state index contributed by atoms with van der Waals surface area (Å²) in [6, 6.07) is 4.84. The first kappa shape index (κ1) is 13.5. The van der Waals surface area contributed by atoms with Crippen LogP contribution in [0.5, 0.6) is 0 Å². The highest BCUT2D eigenvalue weighted by atomic mass is 79.9. The molecule has 1 aromatic heterocycles. The standard InChI is InChI=1S/C12H20BrN3S/c1-14-10(11-2-3-12(13)17-11)4-7-16-8-5-15-6-9-16/h2-3,10,14-15H,4-9H2,1H3. The van der Waals surface area contributed by atoms with Gasteiger partial charge in [-0.15, -0.1) is 11.3 Å². The summed E-state index contributed by atoms with van der Waals surface area (Å²) >= 11 is 5.36. The van der Waals surface area contributed by atoms with Gasteiger partial charge in [-0.05, 0) is 41.5 Å². The lowest BCUT2D eigenvalue weighted by atomic mass is 10.1. The summed E-state index contributed by atoms with van der Waals surface area (Å²) in [6.45, 7) is 5.82. The Kier molecular flexibility index (Phi) is 5.44. The zero-order valence-corrected chi connectivity index (χ0v) is 12.6. The minimum atomic E-state index is 0.487. The van der Waals surface area contributed by atoms with Crippen LogP contribution in [0, 0.1) is 0 Å². The Morgan fingerprint density at radius 3 is 2.82 bits per heavy atom. The third kappa shape index (κ3) is 4.03. The molecule has 96 valence electrons. The monoisotopic (exact) mass is 317 g/mol.